The zero-order valence-corrected chi connectivity index (χ0v) is 19.9. The summed E-state index contributed by atoms with van der Waals surface area (Å²) in [7, 11) is 1.64. The largest absolute Gasteiger partial charge is 0.483 e. The molecular formula is C25H20Cl2N4O3. The minimum absolute atomic E-state index is 0.176. The van der Waals surface area contributed by atoms with Gasteiger partial charge in [0.05, 0.1) is 26.8 Å². The number of carbonyl (C=O) groups is 2. The Morgan fingerprint density at radius 2 is 1.74 bits per heavy atom. The zero-order valence-electron chi connectivity index (χ0n) is 18.4. The number of amides is 2. The number of carbonyl (C=O) groups excluding carboxylic acids is 2. The second-order valence-electron chi connectivity index (χ2n) is 7.45. The highest BCUT2D eigenvalue weighted by atomic mass is 35.5. The highest BCUT2D eigenvalue weighted by Crippen LogP contribution is 2.33. The number of benzene rings is 2. The Kier molecular flexibility index (Phi) is 6.95. The molecule has 2 amide bonds. The van der Waals surface area contributed by atoms with E-state index < -0.39 is 5.91 Å². The molecule has 0 atom stereocenters. The van der Waals surface area contributed by atoms with E-state index in [0.717, 1.165) is 5.56 Å². The van der Waals surface area contributed by atoms with E-state index in [2.05, 4.69) is 15.3 Å². The molecule has 0 aliphatic rings. The summed E-state index contributed by atoms with van der Waals surface area (Å²) in [5, 5.41) is 3.96. The standard InChI is InChI=1S/C25H20Cl2N4O3/c1-15-13-29-23-16(24(15)34-14-21(32)31(2)20-11-3-4-12-28-20)7-5-10-19(23)30-25(33)22-17(26)8-6-9-18(22)27/h3-13H,14H2,1-2H3,(H,30,33). The Hall–Kier alpha value is -3.68. The second kappa shape index (κ2) is 10.1. The summed E-state index contributed by atoms with van der Waals surface area (Å²) in [6.45, 7) is 1.64. The number of rotatable bonds is 6. The van der Waals surface area contributed by atoms with Crippen molar-refractivity contribution in [1.82, 2.24) is 9.97 Å². The molecule has 0 radical (unpaired) electrons. The number of aryl methyl sites for hydroxylation is 1. The first kappa shape index (κ1) is 23.5. The van der Waals surface area contributed by atoms with Crippen LogP contribution in [0.4, 0.5) is 11.5 Å². The van der Waals surface area contributed by atoms with Crippen LogP contribution in [0, 0.1) is 6.92 Å². The number of fused-ring (bicyclic) bond motifs is 1. The molecule has 0 fully saturated rings. The molecular weight excluding hydrogens is 475 g/mol. The number of ether oxygens (including phenoxy) is 1. The van der Waals surface area contributed by atoms with Gasteiger partial charge in [-0.25, -0.2) is 4.98 Å². The van der Waals surface area contributed by atoms with E-state index in [4.69, 9.17) is 27.9 Å². The highest BCUT2D eigenvalue weighted by molar-refractivity contribution is 6.40. The van der Waals surface area contributed by atoms with E-state index in [-0.39, 0.29) is 28.1 Å². The second-order valence-corrected chi connectivity index (χ2v) is 8.27. The van der Waals surface area contributed by atoms with Crippen LogP contribution in [0.2, 0.25) is 10.0 Å². The van der Waals surface area contributed by atoms with Crippen molar-refractivity contribution in [2.75, 3.05) is 23.9 Å². The van der Waals surface area contributed by atoms with Crippen molar-refractivity contribution >= 4 is 57.4 Å². The molecule has 0 saturated carbocycles. The fourth-order valence-corrected chi connectivity index (χ4v) is 3.97. The summed E-state index contributed by atoms with van der Waals surface area (Å²) >= 11 is 12.3. The van der Waals surface area contributed by atoms with Crippen LogP contribution in [0.15, 0.2) is 67.0 Å². The maximum atomic E-state index is 12.9. The first-order chi connectivity index (χ1) is 16.4. The van der Waals surface area contributed by atoms with Gasteiger partial charge < -0.3 is 10.1 Å². The summed E-state index contributed by atoms with van der Waals surface area (Å²) in [5.74, 6) is 0.302. The van der Waals surface area contributed by atoms with Gasteiger partial charge in [-0.2, -0.15) is 0 Å². The molecule has 7 nitrogen and oxygen atoms in total. The van der Waals surface area contributed by atoms with Gasteiger partial charge in [-0.05, 0) is 43.3 Å². The van der Waals surface area contributed by atoms with Crippen molar-refractivity contribution in [3.05, 3.63) is 88.2 Å². The summed E-state index contributed by atoms with van der Waals surface area (Å²) in [5.41, 5.74) is 1.89. The molecule has 0 spiro atoms. The van der Waals surface area contributed by atoms with Crippen LogP contribution in [0.25, 0.3) is 10.9 Å². The van der Waals surface area contributed by atoms with Gasteiger partial charge in [0, 0.05) is 30.4 Å². The van der Waals surface area contributed by atoms with Crippen LogP contribution < -0.4 is 15.0 Å². The molecule has 4 rings (SSSR count). The molecule has 9 heteroatoms. The lowest BCUT2D eigenvalue weighted by atomic mass is 10.1. The van der Waals surface area contributed by atoms with Gasteiger partial charge >= 0.3 is 0 Å². The van der Waals surface area contributed by atoms with Crippen molar-refractivity contribution in [3.8, 4) is 5.75 Å². The lowest BCUT2D eigenvalue weighted by Gasteiger charge is -2.18. The van der Waals surface area contributed by atoms with Gasteiger partial charge in [0.1, 0.15) is 11.6 Å². The topological polar surface area (TPSA) is 84.4 Å². The van der Waals surface area contributed by atoms with E-state index in [1.165, 1.54) is 4.90 Å². The molecule has 2 aromatic heterocycles. The third-order valence-corrected chi connectivity index (χ3v) is 5.80. The van der Waals surface area contributed by atoms with E-state index in [1.54, 1.807) is 68.0 Å². The fourth-order valence-electron chi connectivity index (χ4n) is 3.40. The number of para-hydroxylation sites is 1. The smallest absolute Gasteiger partial charge is 0.265 e. The molecule has 172 valence electrons. The molecule has 34 heavy (non-hydrogen) atoms. The first-order valence-corrected chi connectivity index (χ1v) is 11.1. The van der Waals surface area contributed by atoms with Gasteiger partial charge in [0.15, 0.2) is 6.61 Å². The molecule has 0 saturated heterocycles. The predicted molar refractivity (Wildman–Crippen MR) is 134 cm³/mol. The highest BCUT2D eigenvalue weighted by Gasteiger charge is 2.19. The van der Waals surface area contributed by atoms with Crippen molar-refractivity contribution in [2.45, 2.75) is 6.92 Å². The maximum Gasteiger partial charge on any atom is 0.265 e. The normalized spacial score (nSPS) is 10.7. The fraction of sp³-hybridized carbons (Fsp3) is 0.120. The number of pyridine rings is 2. The molecule has 2 heterocycles. The molecule has 0 unspecified atom stereocenters. The van der Waals surface area contributed by atoms with E-state index in [0.29, 0.717) is 28.2 Å². The zero-order chi connectivity index (χ0) is 24.2. The van der Waals surface area contributed by atoms with Crippen LogP contribution in [-0.2, 0) is 4.79 Å². The van der Waals surface area contributed by atoms with Gasteiger partial charge in [-0.15, -0.1) is 0 Å². The van der Waals surface area contributed by atoms with Gasteiger partial charge in [0.25, 0.3) is 11.8 Å². The van der Waals surface area contributed by atoms with E-state index in [9.17, 15) is 9.59 Å². The minimum atomic E-state index is -0.458. The Morgan fingerprint density at radius 3 is 2.44 bits per heavy atom. The number of likely N-dealkylation sites (N-methyl/N-ethyl adjacent to an activating group) is 1. The van der Waals surface area contributed by atoms with E-state index in [1.807, 2.05) is 13.0 Å². The average molecular weight is 495 g/mol. The van der Waals surface area contributed by atoms with Crippen molar-refractivity contribution < 1.29 is 14.3 Å². The SMILES string of the molecule is Cc1cnc2c(NC(=O)c3c(Cl)cccc3Cl)cccc2c1OCC(=O)N(C)c1ccccn1. The van der Waals surface area contributed by atoms with Crippen LogP contribution in [0.5, 0.6) is 5.75 Å². The van der Waals surface area contributed by atoms with E-state index >= 15 is 0 Å². The Morgan fingerprint density at radius 1 is 1.00 bits per heavy atom. The summed E-state index contributed by atoms with van der Waals surface area (Å²) in [6.07, 6.45) is 3.24. The Balaban J connectivity index is 1.60. The number of aromatic nitrogens is 2. The van der Waals surface area contributed by atoms with Crippen LogP contribution in [0.1, 0.15) is 15.9 Å². The molecule has 2 aromatic carbocycles. The lowest BCUT2D eigenvalue weighted by Crippen LogP contribution is -2.32. The minimum Gasteiger partial charge on any atom is -0.483 e. The Labute approximate surface area is 206 Å². The monoisotopic (exact) mass is 494 g/mol. The maximum absolute atomic E-state index is 12.9. The van der Waals surface area contributed by atoms with Gasteiger partial charge in [0.2, 0.25) is 0 Å². The average Bonchev–Trinajstić information content (AvgIpc) is 2.83. The number of hydrogen-bond acceptors (Lipinski definition) is 5. The number of nitrogens with one attached hydrogen (secondary N) is 1. The molecule has 0 aliphatic carbocycles. The number of hydrogen-bond donors (Lipinski definition) is 1. The lowest BCUT2D eigenvalue weighted by molar-refractivity contribution is -0.120. The van der Waals surface area contributed by atoms with Crippen LogP contribution in [-0.4, -0.2) is 35.4 Å². The predicted octanol–water partition coefficient (Wildman–Crippen LogP) is 5.54. The van der Waals surface area contributed by atoms with Crippen molar-refractivity contribution in [2.24, 2.45) is 0 Å². The quantitative estimate of drug-likeness (QED) is 0.380. The first-order valence-electron chi connectivity index (χ1n) is 10.3. The summed E-state index contributed by atoms with van der Waals surface area (Å²) in [6, 6.07) is 15.5. The third-order valence-electron chi connectivity index (χ3n) is 5.17. The molecule has 0 bridgehead atoms. The van der Waals surface area contributed by atoms with Crippen LogP contribution >= 0.6 is 23.2 Å². The molecule has 0 aliphatic heterocycles. The molecule has 1 N–H and O–H groups in total. The number of anilines is 2. The Bertz CT molecular complexity index is 1360. The molecule has 4 aromatic rings. The number of halogens is 2. The van der Waals surface area contributed by atoms with Crippen molar-refractivity contribution in [3.63, 3.8) is 0 Å². The van der Waals surface area contributed by atoms with Gasteiger partial charge in [-0.3, -0.25) is 19.5 Å². The van der Waals surface area contributed by atoms with Crippen LogP contribution in [0.3, 0.4) is 0 Å². The number of nitrogens with zero attached hydrogens (tertiary/aromatic N) is 3. The third kappa shape index (κ3) is 4.81. The summed E-state index contributed by atoms with van der Waals surface area (Å²) < 4.78 is 5.92. The van der Waals surface area contributed by atoms with Crippen molar-refractivity contribution in [1.29, 1.82) is 0 Å². The van der Waals surface area contributed by atoms with Gasteiger partial charge in [-0.1, -0.05) is 41.4 Å². The summed E-state index contributed by atoms with van der Waals surface area (Å²) in [4.78, 5) is 35.6.